The van der Waals surface area contributed by atoms with Crippen LogP contribution in [0.25, 0.3) is 0 Å². The van der Waals surface area contributed by atoms with Crippen molar-refractivity contribution in [3.05, 3.63) is 29.9 Å². The highest BCUT2D eigenvalue weighted by atomic mass is 16.5. The lowest BCUT2D eigenvalue weighted by atomic mass is 10.2. The van der Waals surface area contributed by atoms with Crippen molar-refractivity contribution in [2.75, 3.05) is 5.32 Å². The number of H-pyrrole nitrogens is 1. The van der Waals surface area contributed by atoms with E-state index < -0.39 is 0 Å². The molecule has 0 spiro atoms. The summed E-state index contributed by atoms with van der Waals surface area (Å²) in [5.74, 6) is 0.233. The van der Waals surface area contributed by atoms with Gasteiger partial charge in [-0.25, -0.2) is 0 Å². The lowest BCUT2D eigenvalue weighted by molar-refractivity contribution is 0.102. The van der Waals surface area contributed by atoms with Gasteiger partial charge in [0, 0.05) is 6.20 Å². The molecule has 2 aromatic rings. The number of aryl methyl sites for hydroxylation is 1. The number of nitrogens with zero attached hydrogens (tertiary/aromatic N) is 2. The number of hydrogen-bond acceptors (Lipinski definition) is 4. The number of rotatable bonds is 2. The summed E-state index contributed by atoms with van der Waals surface area (Å²) in [4.78, 5) is 11.5. The Balaban J connectivity index is 2.14. The maximum Gasteiger partial charge on any atom is 0.260 e. The monoisotopic (exact) mass is 192 g/mol. The van der Waals surface area contributed by atoms with E-state index in [4.69, 9.17) is 4.52 Å². The molecule has 0 atom stereocenters. The van der Waals surface area contributed by atoms with Crippen molar-refractivity contribution in [1.82, 2.24) is 15.4 Å². The van der Waals surface area contributed by atoms with Gasteiger partial charge in [-0.3, -0.25) is 9.89 Å². The summed E-state index contributed by atoms with van der Waals surface area (Å²) < 4.78 is 4.77. The van der Waals surface area contributed by atoms with Gasteiger partial charge in [0.25, 0.3) is 5.91 Å². The number of carbonyl (C=O) groups is 1. The second kappa shape index (κ2) is 3.33. The van der Waals surface area contributed by atoms with Crippen LogP contribution in [-0.2, 0) is 0 Å². The van der Waals surface area contributed by atoms with Gasteiger partial charge in [-0.15, -0.1) is 0 Å². The van der Waals surface area contributed by atoms with E-state index in [1.54, 1.807) is 13.1 Å². The highest BCUT2D eigenvalue weighted by Crippen LogP contribution is 2.09. The molecule has 0 fully saturated rings. The smallest absolute Gasteiger partial charge is 0.260 e. The van der Waals surface area contributed by atoms with Crippen LogP contribution in [0.4, 0.5) is 5.69 Å². The first-order chi connectivity index (χ1) is 6.77. The highest BCUT2D eigenvalue weighted by Gasteiger charge is 2.12. The fourth-order valence-corrected chi connectivity index (χ4v) is 1.03. The third-order valence-corrected chi connectivity index (χ3v) is 1.75. The summed E-state index contributed by atoms with van der Waals surface area (Å²) in [5.41, 5.74) is 1.03. The number of anilines is 1. The van der Waals surface area contributed by atoms with Crippen molar-refractivity contribution >= 4 is 11.6 Å². The Labute approximate surface area is 79.3 Å². The number of hydrogen-bond donors (Lipinski definition) is 2. The summed E-state index contributed by atoms with van der Waals surface area (Å²) in [6.07, 6.45) is 4.48. The third kappa shape index (κ3) is 1.49. The zero-order chi connectivity index (χ0) is 9.97. The summed E-state index contributed by atoms with van der Waals surface area (Å²) >= 11 is 0. The molecule has 72 valence electrons. The predicted octanol–water partition coefficient (Wildman–Crippen LogP) is 0.958. The molecule has 0 aliphatic rings. The van der Waals surface area contributed by atoms with Gasteiger partial charge in [-0.2, -0.15) is 5.10 Å². The van der Waals surface area contributed by atoms with E-state index in [-0.39, 0.29) is 5.91 Å². The Morgan fingerprint density at radius 3 is 3.00 bits per heavy atom. The molecular formula is C8H8N4O2. The van der Waals surface area contributed by atoms with Crippen LogP contribution >= 0.6 is 0 Å². The van der Waals surface area contributed by atoms with Crippen molar-refractivity contribution in [3.8, 4) is 0 Å². The van der Waals surface area contributed by atoms with Gasteiger partial charge in [0.1, 0.15) is 11.3 Å². The minimum atomic E-state index is -0.259. The van der Waals surface area contributed by atoms with Crippen LogP contribution < -0.4 is 5.32 Å². The maximum atomic E-state index is 11.5. The zero-order valence-electron chi connectivity index (χ0n) is 7.44. The average Bonchev–Trinajstić information content (AvgIpc) is 2.75. The Morgan fingerprint density at radius 2 is 2.43 bits per heavy atom. The fraction of sp³-hybridized carbons (Fsp3) is 0.125. The van der Waals surface area contributed by atoms with Crippen molar-refractivity contribution in [2.24, 2.45) is 0 Å². The lowest BCUT2D eigenvalue weighted by Crippen LogP contribution is -2.11. The minimum absolute atomic E-state index is 0.259. The Kier molecular flexibility index (Phi) is 2.02. The molecule has 2 rings (SSSR count). The van der Waals surface area contributed by atoms with E-state index in [1.165, 1.54) is 12.4 Å². The first kappa shape index (κ1) is 8.49. The van der Waals surface area contributed by atoms with Crippen LogP contribution in [0.3, 0.4) is 0 Å². The molecule has 0 saturated heterocycles. The molecule has 0 saturated carbocycles. The number of aromatic nitrogens is 3. The second-order valence-corrected chi connectivity index (χ2v) is 2.74. The molecule has 0 aromatic carbocycles. The standard InChI is InChI=1S/C8H8N4O2/c1-5-7(4-11-14-5)8(13)12-6-2-9-10-3-6/h2-4H,1H3,(H,9,10)(H,12,13). The van der Waals surface area contributed by atoms with Crippen LogP contribution in [0.5, 0.6) is 0 Å². The molecule has 0 unspecified atom stereocenters. The zero-order valence-corrected chi connectivity index (χ0v) is 7.44. The summed E-state index contributed by atoms with van der Waals surface area (Å²) in [6.45, 7) is 1.68. The summed E-state index contributed by atoms with van der Waals surface area (Å²) in [6, 6.07) is 0. The molecule has 2 aromatic heterocycles. The number of nitrogens with one attached hydrogen (secondary N) is 2. The normalized spacial score (nSPS) is 10.1. The Morgan fingerprint density at radius 1 is 1.57 bits per heavy atom. The van der Waals surface area contributed by atoms with Gasteiger partial charge in [0.2, 0.25) is 0 Å². The van der Waals surface area contributed by atoms with Gasteiger partial charge in [-0.1, -0.05) is 5.16 Å². The summed E-state index contributed by atoms with van der Waals surface area (Å²) in [7, 11) is 0. The van der Waals surface area contributed by atoms with Gasteiger partial charge < -0.3 is 9.84 Å². The highest BCUT2D eigenvalue weighted by molar-refractivity contribution is 6.04. The fourth-order valence-electron chi connectivity index (χ4n) is 1.03. The Hall–Kier alpha value is -2.11. The molecule has 6 heteroatoms. The van der Waals surface area contributed by atoms with Gasteiger partial charge in [-0.05, 0) is 6.92 Å². The topological polar surface area (TPSA) is 83.8 Å². The van der Waals surface area contributed by atoms with Crippen molar-refractivity contribution in [3.63, 3.8) is 0 Å². The molecule has 0 aliphatic heterocycles. The average molecular weight is 192 g/mol. The number of amides is 1. The third-order valence-electron chi connectivity index (χ3n) is 1.75. The van der Waals surface area contributed by atoms with Crippen molar-refractivity contribution in [1.29, 1.82) is 0 Å². The molecule has 6 nitrogen and oxygen atoms in total. The molecule has 0 radical (unpaired) electrons. The van der Waals surface area contributed by atoms with E-state index in [0.717, 1.165) is 0 Å². The van der Waals surface area contributed by atoms with Crippen LogP contribution in [-0.4, -0.2) is 21.3 Å². The van der Waals surface area contributed by atoms with Gasteiger partial charge in [0.15, 0.2) is 0 Å². The van der Waals surface area contributed by atoms with E-state index in [9.17, 15) is 4.79 Å². The quantitative estimate of drug-likeness (QED) is 0.742. The first-order valence-corrected chi connectivity index (χ1v) is 3.99. The van der Waals surface area contributed by atoms with Crippen LogP contribution in [0.15, 0.2) is 23.1 Å². The largest absolute Gasteiger partial charge is 0.361 e. The van der Waals surface area contributed by atoms with E-state index in [0.29, 0.717) is 17.0 Å². The van der Waals surface area contributed by atoms with Crippen molar-refractivity contribution in [2.45, 2.75) is 6.92 Å². The molecule has 2 N–H and O–H groups in total. The Bertz CT molecular complexity index is 432. The SMILES string of the molecule is Cc1oncc1C(=O)Nc1cn[nH]c1. The predicted molar refractivity (Wildman–Crippen MR) is 47.8 cm³/mol. The molecule has 14 heavy (non-hydrogen) atoms. The molecular weight excluding hydrogens is 184 g/mol. The lowest BCUT2D eigenvalue weighted by Gasteiger charge is -1.98. The molecule has 0 bridgehead atoms. The van der Waals surface area contributed by atoms with E-state index in [1.807, 2.05) is 0 Å². The second-order valence-electron chi connectivity index (χ2n) is 2.74. The molecule has 0 aliphatic carbocycles. The molecule has 1 amide bonds. The first-order valence-electron chi connectivity index (χ1n) is 3.99. The van der Waals surface area contributed by atoms with Crippen LogP contribution in [0.2, 0.25) is 0 Å². The van der Waals surface area contributed by atoms with Crippen LogP contribution in [0, 0.1) is 6.92 Å². The van der Waals surface area contributed by atoms with E-state index >= 15 is 0 Å². The van der Waals surface area contributed by atoms with Gasteiger partial charge in [0.05, 0.1) is 18.1 Å². The van der Waals surface area contributed by atoms with Crippen LogP contribution in [0.1, 0.15) is 16.1 Å². The summed E-state index contributed by atoms with van der Waals surface area (Å²) in [5, 5.41) is 12.4. The molecule has 2 heterocycles. The van der Waals surface area contributed by atoms with Crippen molar-refractivity contribution < 1.29 is 9.32 Å². The van der Waals surface area contributed by atoms with E-state index in [2.05, 4.69) is 20.7 Å². The maximum absolute atomic E-state index is 11.5. The minimum Gasteiger partial charge on any atom is -0.361 e. The number of carbonyl (C=O) groups excluding carboxylic acids is 1. The van der Waals surface area contributed by atoms with Gasteiger partial charge >= 0.3 is 0 Å². The number of aromatic amines is 1.